The lowest BCUT2D eigenvalue weighted by molar-refractivity contribution is -0.136. The number of phenolic OH excluding ortho intramolecular Hbond substituents is 4. The van der Waals surface area contributed by atoms with E-state index >= 15 is 0 Å². The summed E-state index contributed by atoms with van der Waals surface area (Å²) in [6.07, 6.45) is -0.504. The first kappa shape index (κ1) is 12.0. The van der Waals surface area contributed by atoms with Crippen molar-refractivity contribution in [2.75, 3.05) is 0 Å². The fraction of sp³-hybridized carbons (Fsp3) is 0.222. The Kier molecular flexibility index (Phi) is 3.17. The average Bonchev–Trinajstić information content (AvgIpc) is 2.23. The zero-order valence-corrected chi connectivity index (χ0v) is 8.14. The standard InChI is InChI=1S/C9H9BO6/c10-5-3(1-2-4(11)12)6(13)8(15)9(16)7(5)14/h13-16H,1-2H2,(H,11,12). The molecule has 0 saturated carbocycles. The Balaban J connectivity index is 3.23. The maximum absolute atomic E-state index is 10.3. The van der Waals surface area contributed by atoms with Crippen LogP contribution in [0, 0.1) is 0 Å². The van der Waals surface area contributed by atoms with Crippen LogP contribution in [-0.2, 0) is 11.2 Å². The van der Waals surface area contributed by atoms with Gasteiger partial charge in [-0.2, -0.15) is 0 Å². The molecule has 1 aromatic rings. The highest BCUT2D eigenvalue weighted by molar-refractivity contribution is 6.36. The molecule has 7 heteroatoms. The molecule has 0 atom stereocenters. The van der Waals surface area contributed by atoms with E-state index in [1.165, 1.54) is 0 Å². The Morgan fingerprint density at radius 1 is 1.00 bits per heavy atom. The summed E-state index contributed by atoms with van der Waals surface area (Å²) in [4.78, 5) is 10.3. The molecule has 0 fully saturated rings. The second kappa shape index (κ2) is 4.22. The van der Waals surface area contributed by atoms with Gasteiger partial charge in [-0.05, 0) is 17.4 Å². The van der Waals surface area contributed by atoms with Crippen molar-refractivity contribution >= 4 is 19.3 Å². The van der Waals surface area contributed by atoms with E-state index in [1.54, 1.807) is 0 Å². The lowest BCUT2D eigenvalue weighted by Gasteiger charge is -2.13. The normalized spacial score (nSPS) is 10.2. The molecule has 1 rings (SSSR count). The second-order valence-electron chi connectivity index (χ2n) is 3.18. The maximum atomic E-state index is 10.3. The van der Waals surface area contributed by atoms with Crippen LogP contribution in [0.25, 0.3) is 0 Å². The van der Waals surface area contributed by atoms with Gasteiger partial charge in [0.15, 0.2) is 11.5 Å². The number of hydrogen-bond acceptors (Lipinski definition) is 5. The molecule has 84 valence electrons. The van der Waals surface area contributed by atoms with E-state index in [1.807, 2.05) is 0 Å². The maximum Gasteiger partial charge on any atom is 0.303 e. The van der Waals surface area contributed by atoms with Gasteiger partial charge in [0, 0.05) is 6.42 Å². The zero-order chi connectivity index (χ0) is 12.5. The van der Waals surface area contributed by atoms with Gasteiger partial charge in [-0.1, -0.05) is 0 Å². The lowest BCUT2D eigenvalue weighted by atomic mass is 9.86. The van der Waals surface area contributed by atoms with Gasteiger partial charge in [0.25, 0.3) is 0 Å². The number of benzene rings is 1. The number of carbonyl (C=O) groups is 1. The quantitative estimate of drug-likeness (QED) is 0.263. The number of phenols is 4. The number of aliphatic carboxylic acids is 1. The van der Waals surface area contributed by atoms with Gasteiger partial charge in [-0.3, -0.25) is 4.79 Å². The Hall–Kier alpha value is -2.05. The van der Waals surface area contributed by atoms with E-state index in [4.69, 9.17) is 18.1 Å². The molecule has 0 aliphatic heterocycles. The average molecular weight is 224 g/mol. The van der Waals surface area contributed by atoms with Crippen molar-refractivity contribution in [3.63, 3.8) is 0 Å². The molecule has 16 heavy (non-hydrogen) atoms. The van der Waals surface area contributed by atoms with Crippen LogP contribution in [-0.4, -0.2) is 39.3 Å². The van der Waals surface area contributed by atoms with Gasteiger partial charge in [0.2, 0.25) is 11.5 Å². The third-order valence-corrected chi connectivity index (χ3v) is 2.13. The number of aromatic hydroxyl groups is 4. The first-order chi connectivity index (χ1) is 7.36. The fourth-order valence-electron chi connectivity index (χ4n) is 1.25. The van der Waals surface area contributed by atoms with Gasteiger partial charge in [0.05, 0.1) is 0 Å². The van der Waals surface area contributed by atoms with Gasteiger partial charge in [-0.25, -0.2) is 0 Å². The minimum Gasteiger partial charge on any atom is -0.505 e. The molecule has 1 aromatic carbocycles. The molecule has 0 aliphatic rings. The Labute approximate surface area is 91.8 Å². The third kappa shape index (κ3) is 1.97. The van der Waals surface area contributed by atoms with Gasteiger partial charge in [0.1, 0.15) is 7.85 Å². The predicted octanol–water partition coefficient (Wildman–Crippen LogP) is -0.680. The smallest absolute Gasteiger partial charge is 0.303 e. The van der Waals surface area contributed by atoms with Crippen molar-refractivity contribution in [3.05, 3.63) is 5.56 Å². The van der Waals surface area contributed by atoms with Crippen molar-refractivity contribution in [1.29, 1.82) is 0 Å². The number of rotatable bonds is 3. The number of carboxylic acids is 1. The van der Waals surface area contributed by atoms with Crippen molar-refractivity contribution in [3.8, 4) is 23.0 Å². The molecule has 0 heterocycles. The molecular weight excluding hydrogens is 215 g/mol. The highest BCUT2D eigenvalue weighted by Gasteiger charge is 2.20. The summed E-state index contributed by atoms with van der Waals surface area (Å²) in [6, 6.07) is 0. The van der Waals surface area contributed by atoms with E-state index in [2.05, 4.69) is 0 Å². The Morgan fingerprint density at radius 2 is 1.50 bits per heavy atom. The molecule has 2 radical (unpaired) electrons. The highest BCUT2D eigenvalue weighted by Crippen LogP contribution is 2.42. The van der Waals surface area contributed by atoms with E-state index in [-0.39, 0.29) is 23.9 Å². The van der Waals surface area contributed by atoms with Crippen molar-refractivity contribution in [2.45, 2.75) is 12.8 Å². The van der Waals surface area contributed by atoms with Crippen LogP contribution in [0.3, 0.4) is 0 Å². The van der Waals surface area contributed by atoms with Crippen molar-refractivity contribution in [2.24, 2.45) is 0 Å². The topological polar surface area (TPSA) is 118 Å². The SMILES string of the molecule is [B]c1c(O)c(O)c(O)c(O)c1CCC(=O)O. The monoisotopic (exact) mass is 224 g/mol. The number of hydrogen-bond donors (Lipinski definition) is 5. The highest BCUT2D eigenvalue weighted by atomic mass is 16.4. The minimum absolute atomic E-state index is 0.116. The molecule has 0 aliphatic carbocycles. The molecule has 0 amide bonds. The van der Waals surface area contributed by atoms with E-state index < -0.39 is 29.0 Å². The largest absolute Gasteiger partial charge is 0.505 e. The van der Waals surface area contributed by atoms with Gasteiger partial charge < -0.3 is 25.5 Å². The summed E-state index contributed by atoms with van der Waals surface area (Å²) in [7, 11) is 5.37. The summed E-state index contributed by atoms with van der Waals surface area (Å²) in [6.45, 7) is 0. The molecule has 5 N–H and O–H groups in total. The summed E-state index contributed by atoms with van der Waals surface area (Å²) >= 11 is 0. The Bertz CT molecular complexity index is 413. The van der Waals surface area contributed by atoms with E-state index in [9.17, 15) is 20.1 Å². The summed E-state index contributed by atoms with van der Waals surface area (Å²) in [5, 5.41) is 45.4. The van der Waals surface area contributed by atoms with Crippen molar-refractivity contribution in [1.82, 2.24) is 0 Å². The first-order valence-electron chi connectivity index (χ1n) is 4.32. The fourth-order valence-corrected chi connectivity index (χ4v) is 1.25. The van der Waals surface area contributed by atoms with Crippen LogP contribution in [0.5, 0.6) is 23.0 Å². The molecule has 0 aromatic heterocycles. The molecule has 0 unspecified atom stereocenters. The summed E-state index contributed by atoms with van der Waals surface area (Å²) in [5.74, 6) is -4.49. The number of carboxylic acid groups (broad SMARTS) is 1. The summed E-state index contributed by atoms with van der Waals surface area (Å²) in [5.41, 5.74) is -0.468. The van der Waals surface area contributed by atoms with Crippen LogP contribution in [0.4, 0.5) is 0 Å². The second-order valence-corrected chi connectivity index (χ2v) is 3.18. The van der Waals surface area contributed by atoms with Gasteiger partial charge in [-0.15, -0.1) is 0 Å². The van der Waals surface area contributed by atoms with Crippen molar-refractivity contribution < 1.29 is 30.3 Å². The zero-order valence-electron chi connectivity index (χ0n) is 8.14. The molecule has 0 bridgehead atoms. The minimum atomic E-state index is -1.12. The van der Waals surface area contributed by atoms with Crippen LogP contribution in [0.15, 0.2) is 0 Å². The van der Waals surface area contributed by atoms with Crippen LogP contribution < -0.4 is 5.46 Å². The molecule has 0 saturated heterocycles. The molecular formula is C9H9BO6. The van der Waals surface area contributed by atoms with Crippen LogP contribution >= 0.6 is 0 Å². The first-order valence-corrected chi connectivity index (χ1v) is 4.32. The third-order valence-electron chi connectivity index (χ3n) is 2.13. The Morgan fingerprint density at radius 3 is 2.00 bits per heavy atom. The lowest BCUT2D eigenvalue weighted by Crippen LogP contribution is -2.13. The molecule has 0 spiro atoms. The predicted molar refractivity (Wildman–Crippen MR) is 54.4 cm³/mol. The van der Waals surface area contributed by atoms with E-state index in [0.717, 1.165) is 0 Å². The molecule has 6 nitrogen and oxygen atoms in total. The van der Waals surface area contributed by atoms with Crippen LogP contribution in [0.1, 0.15) is 12.0 Å². The van der Waals surface area contributed by atoms with Crippen LogP contribution in [0.2, 0.25) is 0 Å². The van der Waals surface area contributed by atoms with Gasteiger partial charge >= 0.3 is 5.97 Å². The summed E-state index contributed by atoms with van der Waals surface area (Å²) < 4.78 is 0. The van der Waals surface area contributed by atoms with E-state index in [0.29, 0.717) is 0 Å².